The fourth-order valence-electron chi connectivity index (χ4n) is 4.05. The van der Waals surface area contributed by atoms with Gasteiger partial charge in [0.2, 0.25) is 15.9 Å². The van der Waals surface area contributed by atoms with Crippen LogP contribution in [0.15, 0.2) is 53.4 Å². The summed E-state index contributed by atoms with van der Waals surface area (Å²) < 4.78 is 33.0. The van der Waals surface area contributed by atoms with E-state index >= 15 is 0 Å². The van der Waals surface area contributed by atoms with Gasteiger partial charge in [-0.05, 0) is 67.9 Å². The largest absolute Gasteiger partial charge is 0.379 e. The van der Waals surface area contributed by atoms with Crippen LogP contribution >= 0.6 is 0 Å². The van der Waals surface area contributed by atoms with Crippen LogP contribution in [0.1, 0.15) is 29.6 Å². The third-order valence-electron chi connectivity index (χ3n) is 5.98. The van der Waals surface area contributed by atoms with E-state index in [4.69, 9.17) is 4.74 Å². The van der Waals surface area contributed by atoms with E-state index in [1.54, 1.807) is 41.3 Å². The zero-order valence-electron chi connectivity index (χ0n) is 19.0. The van der Waals surface area contributed by atoms with Gasteiger partial charge in [-0.2, -0.15) is 0 Å². The summed E-state index contributed by atoms with van der Waals surface area (Å²) in [6.07, 6.45) is 2.12. The van der Waals surface area contributed by atoms with Gasteiger partial charge in [0.1, 0.15) is 0 Å². The number of amides is 2. The molecule has 34 heavy (non-hydrogen) atoms. The molecule has 0 atom stereocenters. The Bertz CT molecular complexity index is 1100. The van der Waals surface area contributed by atoms with Gasteiger partial charge in [-0.1, -0.05) is 0 Å². The molecule has 0 aromatic heterocycles. The predicted molar refractivity (Wildman–Crippen MR) is 129 cm³/mol. The highest BCUT2D eigenvalue weighted by Crippen LogP contribution is 2.22. The number of anilines is 2. The van der Waals surface area contributed by atoms with Gasteiger partial charge < -0.3 is 15.0 Å². The average molecular weight is 487 g/mol. The first-order valence-electron chi connectivity index (χ1n) is 11.5. The first-order chi connectivity index (χ1) is 16.4. The predicted octanol–water partition coefficient (Wildman–Crippen LogP) is 2.07. The van der Waals surface area contributed by atoms with Crippen molar-refractivity contribution in [2.24, 2.45) is 0 Å². The molecule has 0 aliphatic carbocycles. The average Bonchev–Trinajstić information content (AvgIpc) is 3.29. The lowest BCUT2D eigenvalue weighted by Crippen LogP contribution is -2.38. The van der Waals surface area contributed by atoms with Crippen LogP contribution < -0.4 is 14.9 Å². The lowest BCUT2D eigenvalue weighted by Gasteiger charge is -2.26. The van der Waals surface area contributed by atoms with Gasteiger partial charge >= 0.3 is 0 Å². The van der Waals surface area contributed by atoms with E-state index in [9.17, 15) is 18.0 Å². The Kier molecular flexibility index (Phi) is 7.94. The number of carbonyl (C=O) groups excluding carboxylic acids is 2. The van der Waals surface area contributed by atoms with Crippen molar-refractivity contribution in [2.45, 2.75) is 24.2 Å². The second-order valence-electron chi connectivity index (χ2n) is 8.38. The van der Waals surface area contributed by atoms with Crippen LogP contribution in [0.3, 0.4) is 0 Å². The van der Waals surface area contributed by atoms with Crippen LogP contribution in [-0.2, 0) is 19.6 Å². The summed E-state index contributed by atoms with van der Waals surface area (Å²) in [4.78, 5) is 28.6. The molecule has 2 heterocycles. The molecule has 0 unspecified atom stereocenters. The molecule has 4 rings (SSSR count). The lowest BCUT2D eigenvalue weighted by atomic mass is 10.1. The van der Waals surface area contributed by atoms with Gasteiger partial charge in [-0.3, -0.25) is 14.5 Å². The van der Waals surface area contributed by atoms with Crippen molar-refractivity contribution >= 4 is 33.2 Å². The third-order valence-corrected chi connectivity index (χ3v) is 7.46. The Morgan fingerprint density at radius 2 is 1.68 bits per heavy atom. The number of nitrogens with zero attached hydrogens (tertiary/aromatic N) is 2. The van der Waals surface area contributed by atoms with Gasteiger partial charge in [-0.15, -0.1) is 0 Å². The highest BCUT2D eigenvalue weighted by Gasteiger charge is 2.22. The Balaban J connectivity index is 1.27. The topological polar surface area (TPSA) is 108 Å². The highest BCUT2D eigenvalue weighted by atomic mass is 32.2. The number of morpholine rings is 1. The molecule has 2 N–H and O–H groups in total. The highest BCUT2D eigenvalue weighted by molar-refractivity contribution is 7.89. The quantitative estimate of drug-likeness (QED) is 0.526. The van der Waals surface area contributed by atoms with Crippen molar-refractivity contribution in [3.63, 3.8) is 0 Å². The second kappa shape index (κ2) is 11.1. The van der Waals surface area contributed by atoms with Gasteiger partial charge in [0.25, 0.3) is 5.91 Å². The van der Waals surface area contributed by atoms with E-state index in [0.717, 1.165) is 51.4 Å². The van der Waals surface area contributed by atoms with E-state index in [0.29, 0.717) is 30.8 Å². The standard InChI is InChI=1S/C24H30N4O5S/c29-23-3-1-14-28(23)21-8-4-19(5-9-21)24(30)26-20-6-10-22(11-7-20)34(31,32)25-12-2-13-27-15-17-33-18-16-27/h4-11,25H,1-3,12-18H2,(H,26,30). The van der Waals surface area contributed by atoms with Crippen molar-refractivity contribution in [3.8, 4) is 0 Å². The zero-order chi connectivity index (χ0) is 24.0. The van der Waals surface area contributed by atoms with Gasteiger partial charge in [0, 0.05) is 49.5 Å². The summed E-state index contributed by atoms with van der Waals surface area (Å²) in [5, 5.41) is 2.77. The van der Waals surface area contributed by atoms with E-state index in [1.807, 2.05) is 0 Å². The second-order valence-corrected chi connectivity index (χ2v) is 10.1. The number of rotatable bonds is 9. The molecule has 2 fully saturated rings. The fourth-order valence-corrected chi connectivity index (χ4v) is 5.13. The molecular formula is C24H30N4O5S. The molecule has 182 valence electrons. The molecule has 0 spiro atoms. The monoisotopic (exact) mass is 486 g/mol. The fraction of sp³-hybridized carbons (Fsp3) is 0.417. The summed E-state index contributed by atoms with van der Waals surface area (Å²) >= 11 is 0. The molecule has 2 aromatic rings. The Morgan fingerprint density at radius 3 is 2.32 bits per heavy atom. The maximum atomic E-state index is 12.6. The first kappa shape index (κ1) is 24.3. The summed E-state index contributed by atoms with van der Waals surface area (Å²) in [5.74, 6) is -0.213. The van der Waals surface area contributed by atoms with E-state index < -0.39 is 10.0 Å². The Hall–Kier alpha value is -2.79. The molecule has 0 bridgehead atoms. The van der Waals surface area contributed by atoms with Crippen molar-refractivity contribution in [1.29, 1.82) is 0 Å². The van der Waals surface area contributed by atoms with Crippen LogP contribution in [0.5, 0.6) is 0 Å². The summed E-state index contributed by atoms with van der Waals surface area (Å²) in [5.41, 5.74) is 1.73. The molecular weight excluding hydrogens is 456 g/mol. The summed E-state index contributed by atoms with van der Waals surface area (Å²) in [7, 11) is -3.62. The number of sulfonamides is 1. The minimum absolute atomic E-state index is 0.0961. The number of ether oxygens (including phenoxy) is 1. The minimum atomic E-state index is -3.62. The van der Waals surface area contributed by atoms with Crippen molar-refractivity contribution in [2.75, 3.05) is 56.2 Å². The van der Waals surface area contributed by atoms with Gasteiger partial charge in [-0.25, -0.2) is 13.1 Å². The van der Waals surface area contributed by atoms with Gasteiger partial charge in [0.15, 0.2) is 0 Å². The molecule has 0 saturated carbocycles. The molecule has 2 aliphatic rings. The zero-order valence-corrected chi connectivity index (χ0v) is 19.9. The number of hydrogen-bond donors (Lipinski definition) is 2. The Labute approximate surface area is 200 Å². The molecule has 2 saturated heterocycles. The van der Waals surface area contributed by atoms with E-state index in [-0.39, 0.29) is 16.7 Å². The summed E-state index contributed by atoms with van der Waals surface area (Å²) in [6, 6.07) is 13.0. The number of hydrogen-bond acceptors (Lipinski definition) is 6. The molecule has 2 amide bonds. The first-order valence-corrected chi connectivity index (χ1v) is 13.0. The molecule has 0 radical (unpaired) electrons. The normalized spacial score (nSPS) is 17.2. The molecule has 2 aliphatic heterocycles. The van der Waals surface area contributed by atoms with Crippen LogP contribution in [0.2, 0.25) is 0 Å². The lowest BCUT2D eigenvalue weighted by molar-refractivity contribution is -0.117. The van der Waals surface area contributed by atoms with E-state index in [2.05, 4.69) is 14.9 Å². The number of benzene rings is 2. The number of carbonyl (C=O) groups is 2. The maximum absolute atomic E-state index is 12.6. The van der Waals surface area contributed by atoms with Crippen LogP contribution in [0, 0.1) is 0 Å². The van der Waals surface area contributed by atoms with Crippen LogP contribution in [-0.4, -0.2) is 71.1 Å². The number of nitrogens with one attached hydrogen (secondary N) is 2. The van der Waals surface area contributed by atoms with Crippen molar-refractivity contribution in [3.05, 3.63) is 54.1 Å². The summed E-state index contributed by atoms with van der Waals surface area (Å²) in [6.45, 7) is 5.08. The van der Waals surface area contributed by atoms with Crippen LogP contribution in [0.4, 0.5) is 11.4 Å². The molecule has 10 heteroatoms. The minimum Gasteiger partial charge on any atom is -0.379 e. The Morgan fingerprint density at radius 1 is 0.971 bits per heavy atom. The SMILES string of the molecule is O=C(Nc1ccc(S(=O)(=O)NCCCN2CCOCC2)cc1)c1ccc(N2CCCC2=O)cc1. The van der Waals surface area contributed by atoms with Crippen molar-refractivity contribution < 1.29 is 22.7 Å². The van der Waals surface area contributed by atoms with E-state index in [1.165, 1.54) is 12.1 Å². The van der Waals surface area contributed by atoms with Crippen molar-refractivity contribution in [1.82, 2.24) is 9.62 Å². The molecule has 2 aromatic carbocycles. The van der Waals surface area contributed by atoms with Crippen LogP contribution in [0.25, 0.3) is 0 Å². The van der Waals surface area contributed by atoms with Gasteiger partial charge in [0.05, 0.1) is 18.1 Å². The third kappa shape index (κ3) is 6.20. The smallest absolute Gasteiger partial charge is 0.255 e. The maximum Gasteiger partial charge on any atom is 0.255 e. The molecule has 9 nitrogen and oxygen atoms in total.